The molecule has 1 unspecified atom stereocenters. The van der Waals surface area contributed by atoms with Crippen molar-refractivity contribution in [3.8, 4) is 0 Å². The largest absolute Gasteiger partial charge is 0.375 e. The van der Waals surface area contributed by atoms with Crippen molar-refractivity contribution in [1.82, 2.24) is 9.88 Å². The van der Waals surface area contributed by atoms with Crippen LogP contribution in [0, 0.1) is 0 Å². The fraction of sp³-hybridized carbons (Fsp3) is 0.600. The van der Waals surface area contributed by atoms with E-state index in [4.69, 9.17) is 5.73 Å². The highest BCUT2D eigenvalue weighted by atomic mass is 32.1. The number of carbonyl (C=O) groups excluding carboxylic acids is 1. The number of carbonyl (C=O) groups is 1. The highest BCUT2D eigenvalue weighted by molar-refractivity contribution is 7.13. The predicted octanol–water partition coefficient (Wildman–Crippen LogP) is 1.28. The summed E-state index contributed by atoms with van der Waals surface area (Å²) in [6, 6.07) is 0.383. The van der Waals surface area contributed by atoms with Crippen LogP contribution in [0.25, 0.3) is 0 Å². The highest BCUT2D eigenvalue weighted by Gasteiger charge is 2.25. The Morgan fingerprint density at radius 2 is 2.60 bits per heavy atom. The number of rotatable bonds is 2. The summed E-state index contributed by atoms with van der Waals surface area (Å²) >= 11 is 1.39. The van der Waals surface area contributed by atoms with Crippen LogP contribution in [0.2, 0.25) is 0 Å². The highest BCUT2D eigenvalue weighted by Crippen LogP contribution is 2.18. The third kappa shape index (κ3) is 2.28. The molecule has 2 heterocycles. The molecule has 1 aliphatic rings. The zero-order valence-electron chi connectivity index (χ0n) is 8.77. The van der Waals surface area contributed by atoms with Crippen LogP contribution in [-0.2, 0) is 11.2 Å². The van der Waals surface area contributed by atoms with Gasteiger partial charge in [0.2, 0.25) is 5.91 Å². The minimum absolute atomic E-state index is 0.172. The summed E-state index contributed by atoms with van der Waals surface area (Å²) < 4.78 is 0. The molecular formula is C10H15N3OS. The molecule has 1 aliphatic heterocycles. The van der Waals surface area contributed by atoms with Gasteiger partial charge in [-0.25, -0.2) is 4.98 Å². The van der Waals surface area contributed by atoms with Crippen LogP contribution < -0.4 is 5.73 Å². The molecular weight excluding hydrogens is 210 g/mol. The van der Waals surface area contributed by atoms with Crippen molar-refractivity contribution < 1.29 is 4.79 Å². The zero-order valence-corrected chi connectivity index (χ0v) is 9.59. The van der Waals surface area contributed by atoms with Crippen LogP contribution in [0.4, 0.5) is 5.13 Å². The van der Waals surface area contributed by atoms with Gasteiger partial charge in [-0.1, -0.05) is 0 Å². The lowest BCUT2D eigenvalue weighted by atomic mass is 10.2. The average Bonchev–Trinajstić information content (AvgIpc) is 2.75. The molecule has 2 N–H and O–H groups in total. The SMILES string of the molecule is CC1CCCN1C(=O)Cc1csc(N)n1. The number of nitrogens with two attached hydrogens (primary N) is 1. The maximum atomic E-state index is 11.9. The van der Waals surface area contributed by atoms with Crippen LogP contribution >= 0.6 is 11.3 Å². The number of nitrogens with zero attached hydrogens (tertiary/aromatic N) is 2. The van der Waals surface area contributed by atoms with Crippen LogP contribution in [0.15, 0.2) is 5.38 Å². The van der Waals surface area contributed by atoms with E-state index in [1.807, 2.05) is 10.3 Å². The van der Waals surface area contributed by atoms with Crippen molar-refractivity contribution in [2.24, 2.45) is 0 Å². The topological polar surface area (TPSA) is 59.2 Å². The lowest BCUT2D eigenvalue weighted by Gasteiger charge is -2.20. The third-order valence-corrected chi connectivity index (χ3v) is 3.50. The van der Waals surface area contributed by atoms with E-state index in [0.717, 1.165) is 25.1 Å². The molecule has 0 aliphatic carbocycles. The monoisotopic (exact) mass is 225 g/mol. The first-order chi connectivity index (χ1) is 7.16. The van der Waals surface area contributed by atoms with Crippen molar-refractivity contribution >= 4 is 22.4 Å². The molecule has 1 aromatic heterocycles. The molecule has 0 spiro atoms. The summed E-state index contributed by atoms with van der Waals surface area (Å²) in [4.78, 5) is 17.9. The second kappa shape index (κ2) is 4.18. The van der Waals surface area contributed by atoms with E-state index < -0.39 is 0 Å². The van der Waals surface area contributed by atoms with Gasteiger partial charge in [0.05, 0.1) is 12.1 Å². The Balaban J connectivity index is 1.97. The molecule has 5 heteroatoms. The van der Waals surface area contributed by atoms with Gasteiger partial charge in [0.1, 0.15) is 0 Å². The molecule has 0 radical (unpaired) electrons. The van der Waals surface area contributed by atoms with Gasteiger partial charge in [0.15, 0.2) is 5.13 Å². The van der Waals surface area contributed by atoms with E-state index >= 15 is 0 Å². The average molecular weight is 225 g/mol. The van der Waals surface area contributed by atoms with E-state index in [2.05, 4.69) is 11.9 Å². The molecule has 82 valence electrons. The number of thiazole rings is 1. The predicted molar refractivity (Wildman–Crippen MR) is 60.6 cm³/mol. The summed E-state index contributed by atoms with van der Waals surface area (Å²) in [6.07, 6.45) is 2.62. The molecule has 4 nitrogen and oxygen atoms in total. The number of anilines is 1. The van der Waals surface area contributed by atoms with Crippen molar-refractivity contribution in [1.29, 1.82) is 0 Å². The maximum Gasteiger partial charge on any atom is 0.228 e. The van der Waals surface area contributed by atoms with Crippen molar-refractivity contribution in [3.05, 3.63) is 11.1 Å². The molecule has 1 amide bonds. The number of hydrogen-bond acceptors (Lipinski definition) is 4. The molecule has 0 bridgehead atoms. The standard InChI is InChI=1S/C10H15N3OS/c1-7-3-2-4-13(7)9(14)5-8-6-15-10(11)12-8/h6-7H,2-5H2,1H3,(H2,11,12). The Morgan fingerprint density at radius 1 is 1.80 bits per heavy atom. The van der Waals surface area contributed by atoms with Gasteiger partial charge < -0.3 is 10.6 Å². The lowest BCUT2D eigenvalue weighted by Crippen LogP contribution is -2.34. The van der Waals surface area contributed by atoms with Gasteiger partial charge in [-0.15, -0.1) is 11.3 Å². The Morgan fingerprint density at radius 3 is 3.13 bits per heavy atom. The molecule has 1 aromatic rings. The third-order valence-electron chi connectivity index (χ3n) is 2.78. The van der Waals surface area contributed by atoms with Crippen LogP contribution in [0.3, 0.4) is 0 Å². The van der Waals surface area contributed by atoms with Gasteiger partial charge in [0, 0.05) is 18.0 Å². The van der Waals surface area contributed by atoms with Crippen molar-refractivity contribution in [3.63, 3.8) is 0 Å². The van der Waals surface area contributed by atoms with E-state index in [0.29, 0.717) is 17.6 Å². The minimum atomic E-state index is 0.172. The van der Waals surface area contributed by atoms with Crippen LogP contribution in [-0.4, -0.2) is 28.4 Å². The minimum Gasteiger partial charge on any atom is -0.375 e. The van der Waals surface area contributed by atoms with Crippen molar-refractivity contribution in [2.75, 3.05) is 12.3 Å². The Hall–Kier alpha value is -1.10. The van der Waals surface area contributed by atoms with E-state index in [-0.39, 0.29) is 5.91 Å². The van der Waals surface area contributed by atoms with Crippen molar-refractivity contribution in [2.45, 2.75) is 32.2 Å². The maximum absolute atomic E-state index is 11.9. The normalized spacial score (nSPS) is 20.9. The lowest BCUT2D eigenvalue weighted by molar-refractivity contribution is -0.131. The summed E-state index contributed by atoms with van der Waals surface area (Å²) in [5.41, 5.74) is 6.31. The molecule has 1 fully saturated rings. The molecule has 1 saturated heterocycles. The van der Waals surface area contributed by atoms with E-state index in [1.165, 1.54) is 11.3 Å². The Labute approximate surface area is 93.1 Å². The fourth-order valence-electron chi connectivity index (χ4n) is 1.96. The molecule has 2 rings (SSSR count). The van der Waals surface area contributed by atoms with Crippen LogP contribution in [0.1, 0.15) is 25.5 Å². The summed E-state index contributed by atoms with van der Waals surface area (Å²) in [5, 5.41) is 2.39. The second-order valence-electron chi connectivity index (χ2n) is 3.93. The molecule has 0 saturated carbocycles. The second-order valence-corrected chi connectivity index (χ2v) is 4.82. The van der Waals surface area contributed by atoms with Gasteiger partial charge in [-0.2, -0.15) is 0 Å². The van der Waals surface area contributed by atoms with E-state index in [1.54, 1.807) is 0 Å². The first-order valence-corrected chi connectivity index (χ1v) is 6.04. The van der Waals surface area contributed by atoms with Gasteiger partial charge >= 0.3 is 0 Å². The number of likely N-dealkylation sites (tertiary alicyclic amines) is 1. The zero-order chi connectivity index (χ0) is 10.8. The first kappa shape index (κ1) is 10.4. The van der Waals surface area contributed by atoms with Gasteiger partial charge in [0.25, 0.3) is 0 Å². The summed E-state index contributed by atoms with van der Waals surface area (Å²) in [6.45, 7) is 2.99. The van der Waals surface area contributed by atoms with Gasteiger partial charge in [-0.3, -0.25) is 4.79 Å². The Bertz CT molecular complexity index is 363. The smallest absolute Gasteiger partial charge is 0.228 e. The first-order valence-electron chi connectivity index (χ1n) is 5.16. The molecule has 1 atom stereocenters. The molecule has 15 heavy (non-hydrogen) atoms. The number of hydrogen-bond donors (Lipinski definition) is 1. The number of nitrogen functional groups attached to an aromatic ring is 1. The molecule has 0 aromatic carbocycles. The number of amides is 1. The number of aromatic nitrogens is 1. The quantitative estimate of drug-likeness (QED) is 0.824. The van der Waals surface area contributed by atoms with Crippen LogP contribution in [0.5, 0.6) is 0 Å². The van der Waals surface area contributed by atoms with E-state index in [9.17, 15) is 4.79 Å². The fourth-order valence-corrected chi connectivity index (χ4v) is 2.53. The Kier molecular flexibility index (Phi) is 2.90. The summed E-state index contributed by atoms with van der Waals surface area (Å²) in [7, 11) is 0. The van der Waals surface area contributed by atoms with Gasteiger partial charge in [-0.05, 0) is 19.8 Å². The summed E-state index contributed by atoms with van der Waals surface area (Å²) in [5.74, 6) is 0.172.